The number of anilines is 1. The SMILES string of the molecule is Cc1cc(C)n2ncc(C(=O)Nc3cccnc3Cl)c2n1. The lowest BCUT2D eigenvalue weighted by atomic mass is 10.3. The number of hydrogen-bond acceptors (Lipinski definition) is 4. The van der Waals surface area contributed by atoms with Gasteiger partial charge < -0.3 is 5.32 Å². The van der Waals surface area contributed by atoms with Gasteiger partial charge in [-0.1, -0.05) is 11.6 Å². The molecule has 0 aromatic carbocycles. The number of nitrogens with zero attached hydrogens (tertiary/aromatic N) is 4. The molecule has 1 amide bonds. The molecule has 106 valence electrons. The van der Waals surface area contributed by atoms with Crippen molar-refractivity contribution < 1.29 is 4.79 Å². The normalized spacial score (nSPS) is 10.8. The Morgan fingerprint density at radius 2 is 2.19 bits per heavy atom. The summed E-state index contributed by atoms with van der Waals surface area (Å²) in [7, 11) is 0. The van der Waals surface area contributed by atoms with Crippen molar-refractivity contribution in [3.63, 3.8) is 0 Å². The number of nitrogens with one attached hydrogen (secondary N) is 1. The number of halogens is 1. The van der Waals surface area contributed by atoms with Gasteiger partial charge in [0, 0.05) is 17.6 Å². The molecule has 0 atom stereocenters. The van der Waals surface area contributed by atoms with Gasteiger partial charge >= 0.3 is 0 Å². The molecule has 3 rings (SSSR count). The van der Waals surface area contributed by atoms with E-state index >= 15 is 0 Å². The zero-order valence-corrected chi connectivity index (χ0v) is 12.2. The average Bonchev–Trinajstić information content (AvgIpc) is 2.85. The first kappa shape index (κ1) is 13.5. The summed E-state index contributed by atoms with van der Waals surface area (Å²) in [6.45, 7) is 3.79. The lowest BCUT2D eigenvalue weighted by Gasteiger charge is -2.05. The van der Waals surface area contributed by atoms with Gasteiger partial charge in [-0.25, -0.2) is 14.5 Å². The van der Waals surface area contributed by atoms with Crippen molar-refractivity contribution >= 4 is 28.8 Å². The molecule has 3 heterocycles. The van der Waals surface area contributed by atoms with Gasteiger partial charge in [0.05, 0.1) is 11.9 Å². The summed E-state index contributed by atoms with van der Waals surface area (Å²) in [5.41, 5.74) is 3.10. The number of aryl methyl sites for hydroxylation is 2. The maximum absolute atomic E-state index is 12.4. The fourth-order valence-corrected chi connectivity index (χ4v) is 2.27. The highest BCUT2D eigenvalue weighted by molar-refractivity contribution is 6.32. The van der Waals surface area contributed by atoms with Crippen LogP contribution in [0.25, 0.3) is 5.65 Å². The van der Waals surface area contributed by atoms with Gasteiger partial charge in [-0.15, -0.1) is 0 Å². The van der Waals surface area contributed by atoms with Gasteiger partial charge in [0.1, 0.15) is 5.56 Å². The van der Waals surface area contributed by atoms with E-state index in [9.17, 15) is 4.79 Å². The number of aromatic nitrogens is 4. The molecule has 0 saturated heterocycles. The summed E-state index contributed by atoms with van der Waals surface area (Å²) < 4.78 is 1.63. The minimum atomic E-state index is -0.322. The van der Waals surface area contributed by atoms with Crippen molar-refractivity contribution in [3.05, 3.63) is 52.7 Å². The van der Waals surface area contributed by atoms with Crippen LogP contribution >= 0.6 is 11.6 Å². The third kappa shape index (κ3) is 2.45. The monoisotopic (exact) mass is 301 g/mol. The van der Waals surface area contributed by atoms with Gasteiger partial charge in [0.25, 0.3) is 5.91 Å². The van der Waals surface area contributed by atoms with Crippen molar-refractivity contribution in [2.24, 2.45) is 0 Å². The largest absolute Gasteiger partial charge is 0.319 e. The Labute approximate surface area is 125 Å². The van der Waals surface area contributed by atoms with Crippen molar-refractivity contribution in [2.75, 3.05) is 5.32 Å². The van der Waals surface area contributed by atoms with E-state index in [2.05, 4.69) is 20.4 Å². The fraction of sp³-hybridized carbons (Fsp3) is 0.143. The Bertz CT molecular complexity index is 842. The maximum Gasteiger partial charge on any atom is 0.261 e. The third-order valence-corrected chi connectivity index (χ3v) is 3.33. The molecule has 0 spiro atoms. The first-order valence-corrected chi connectivity index (χ1v) is 6.68. The Kier molecular flexibility index (Phi) is 3.31. The molecule has 21 heavy (non-hydrogen) atoms. The molecule has 0 fully saturated rings. The van der Waals surface area contributed by atoms with Crippen LogP contribution in [0.3, 0.4) is 0 Å². The van der Waals surface area contributed by atoms with Crippen LogP contribution in [0, 0.1) is 13.8 Å². The van der Waals surface area contributed by atoms with E-state index in [1.807, 2.05) is 19.9 Å². The van der Waals surface area contributed by atoms with Crippen LogP contribution in [0.1, 0.15) is 21.7 Å². The van der Waals surface area contributed by atoms with Crippen LogP contribution in [-0.2, 0) is 0 Å². The zero-order chi connectivity index (χ0) is 15.0. The predicted octanol–water partition coefficient (Wildman–Crippen LogP) is 2.65. The Morgan fingerprint density at radius 3 is 2.95 bits per heavy atom. The van der Waals surface area contributed by atoms with E-state index in [4.69, 9.17) is 11.6 Å². The number of fused-ring (bicyclic) bond motifs is 1. The second-order valence-electron chi connectivity index (χ2n) is 4.63. The van der Waals surface area contributed by atoms with Crippen LogP contribution in [0.2, 0.25) is 5.15 Å². The summed E-state index contributed by atoms with van der Waals surface area (Å²) in [6, 6.07) is 5.28. The molecule has 6 nitrogen and oxygen atoms in total. The van der Waals surface area contributed by atoms with Gasteiger partial charge in [-0.2, -0.15) is 5.10 Å². The molecular formula is C14H12ClN5O. The summed E-state index contributed by atoms with van der Waals surface area (Å²) >= 11 is 5.94. The summed E-state index contributed by atoms with van der Waals surface area (Å²) in [4.78, 5) is 20.7. The van der Waals surface area contributed by atoms with E-state index in [1.54, 1.807) is 22.8 Å². The van der Waals surface area contributed by atoms with Gasteiger partial charge in [-0.05, 0) is 32.0 Å². The molecule has 1 N–H and O–H groups in total. The van der Waals surface area contributed by atoms with Crippen molar-refractivity contribution in [3.8, 4) is 0 Å². The van der Waals surface area contributed by atoms with Crippen LogP contribution in [-0.4, -0.2) is 25.5 Å². The second-order valence-corrected chi connectivity index (χ2v) is 4.99. The number of rotatable bonds is 2. The average molecular weight is 302 g/mol. The van der Waals surface area contributed by atoms with E-state index < -0.39 is 0 Å². The van der Waals surface area contributed by atoms with Crippen LogP contribution in [0.15, 0.2) is 30.6 Å². The number of hydrogen-bond donors (Lipinski definition) is 1. The summed E-state index contributed by atoms with van der Waals surface area (Å²) in [5.74, 6) is -0.322. The topological polar surface area (TPSA) is 72.2 Å². The van der Waals surface area contributed by atoms with Crippen molar-refractivity contribution in [2.45, 2.75) is 13.8 Å². The number of amides is 1. The minimum absolute atomic E-state index is 0.239. The highest BCUT2D eigenvalue weighted by atomic mass is 35.5. The minimum Gasteiger partial charge on any atom is -0.319 e. The van der Waals surface area contributed by atoms with Gasteiger partial charge in [-0.3, -0.25) is 4.79 Å². The van der Waals surface area contributed by atoms with E-state index in [0.29, 0.717) is 16.9 Å². The van der Waals surface area contributed by atoms with Crippen LogP contribution < -0.4 is 5.32 Å². The smallest absolute Gasteiger partial charge is 0.261 e. The lowest BCUT2D eigenvalue weighted by molar-refractivity contribution is 0.102. The van der Waals surface area contributed by atoms with Crippen molar-refractivity contribution in [1.82, 2.24) is 19.6 Å². The van der Waals surface area contributed by atoms with E-state index in [1.165, 1.54) is 6.20 Å². The predicted molar refractivity (Wildman–Crippen MR) is 79.7 cm³/mol. The Morgan fingerprint density at radius 1 is 1.38 bits per heavy atom. The van der Waals surface area contributed by atoms with E-state index in [-0.39, 0.29) is 11.1 Å². The number of carbonyl (C=O) groups excluding carboxylic acids is 1. The Balaban J connectivity index is 2.01. The zero-order valence-electron chi connectivity index (χ0n) is 11.5. The fourth-order valence-electron chi connectivity index (χ4n) is 2.10. The molecular weight excluding hydrogens is 290 g/mol. The quantitative estimate of drug-likeness (QED) is 0.739. The Hall–Kier alpha value is -2.47. The lowest BCUT2D eigenvalue weighted by Crippen LogP contribution is -2.13. The number of carbonyl (C=O) groups is 1. The molecule has 0 saturated carbocycles. The summed E-state index contributed by atoms with van der Waals surface area (Å²) in [6.07, 6.45) is 3.05. The van der Waals surface area contributed by atoms with E-state index in [0.717, 1.165) is 11.4 Å². The molecule has 0 unspecified atom stereocenters. The van der Waals surface area contributed by atoms with Crippen molar-refractivity contribution in [1.29, 1.82) is 0 Å². The van der Waals surface area contributed by atoms with Gasteiger partial charge in [0.2, 0.25) is 0 Å². The number of pyridine rings is 1. The molecule has 7 heteroatoms. The standard InChI is InChI=1S/C14H12ClN5O/c1-8-6-9(2)20-13(18-8)10(7-17-20)14(21)19-11-4-3-5-16-12(11)15/h3-7H,1-2H3,(H,19,21). The molecule has 3 aromatic heterocycles. The molecule has 0 bridgehead atoms. The second kappa shape index (κ2) is 5.14. The summed E-state index contributed by atoms with van der Waals surface area (Å²) in [5, 5.41) is 7.14. The first-order valence-electron chi connectivity index (χ1n) is 6.30. The molecule has 0 aliphatic rings. The highest BCUT2D eigenvalue weighted by Crippen LogP contribution is 2.19. The maximum atomic E-state index is 12.4. The molecule has 3 aromatic rings. The molecule has 0 aliphatic heterocycles. The van der Waals surface area contributed by atoms with Crippen LogP contribution in [0.5, 0.6) is 0 Å². The van der Waals surface area contributed by atoms with Gasteiger partial charge in [0.15, 0.2) is 10.8 Å². The molecule has 0 aliphatic carbocycles. The van der Waals surface area contributed by atoms with Crippen LogP contribution in [0.4, 0.5) is 5.69 Å². The first-order chi connectivity index (χ1) is 10.1. The third-order valence-electron chi connectivity index (χ3n) is 3.03. The highest BCUT2D eigenvalue weighted by Gasteiger charge is 2.16. The molecule has 0 radical (unpaired) electrons.